The van der Waals surface area contributed by atoms with Gasteiger partial charge < -0.3 is 15.6 Å². The minimum absolute atomic E-state index is 0.260. The zero-order valence-electron chi connectivity index (χ0n) is 11.1. The number of likely N-dealkylation sites (tertiary alicyclic amines) is 1. The Labute approximate surface area is 108 Å². The standard InChI is InChI=1S/C14H22N2O2/c1-16-8-10(7-15)6-13(16)12-5-3-4-11(9-18-2)14(12)17/h3-5,10,13,17H,6-9,15H2,1-2H3. The summed E-state index contributed by atoms with van der Waals surface area (Å²) in [6, 6.07) is 6.13. The van der Waals surface area contributed by atoms with Crippen molar-refractivity contribution in [2.24, 2.45) is 11.7 Å². The molecule has 100 valence electrons. The highest BCUT2D eigenvalue weighted by molar-refractivity contribution is 5.42. The highest BCUT2D eigenvalue weighted by Gasteiger charge is 2.31. The lowest BCUT2D eigenvalue weighted by Crippen LogP contribution is -2.20. The first-order chi connectivity index (χ1) is 8.67. The number of ether oxygens (including phenoxy) is 1. The van der Waals surface area contributed by atoms with Crippen molar-refractivity contribution in [3.05, 3.63) is 29.3 Å². The van der Waals surface area contributed by atoms with Gasteiger partial charge in [-0.25, -0.2) is 0 Å². The van der Waals surface area contributed by atoms with Gasteiger partial charge >= 0.3 is 0 Å². The minimum Gasteiger partial charge on any atom is -0.507 e. The molecular weight excluding hydrogens is 228 g/mol. The van der Waals surface area contributed by atoms with Crippen molar-refractivity contribution in [1.82, 2.24) is 4.90 Å². The summed E-state index contributed by atoms with van der Waals surface area (Å²) in [5, 5.41) is 10.3. The Morgan fingerprint density at radius 1 is 1.50 bits per heavy atom. The lowest BCUT2D eigenvalue weighted by atomic mass is 9.97. The van der Waals surface area contributed by atoms with Gasteiger partial charge in [-0.1, -0.05) is 18.2 Å². The maximum atomic E-state index is 10.3. The molecule has 4 nitrogen and oxygen atoms in total. The fourth-order valence-electron chi connectivity index (χ4n) is 2.79. The van der Waals surface area contributed by atoms with E-state index in [0.717, 1.165) is 24.1 Å². The number of hydrogen-bond donors (Lipinski definition) is 2. The predicted molar refractivity (Wildman–Crippen MR) is 71.4 cm³/mol. The van der Waals surface area contributed by atoms with Crippen LogP contribution in [0.15, 0.2) is 18.2 Å². The van der Waals surface area contributed by atoms with Crippen molar-refractivity contribution in [3.8, 4) is 5.75 Å². The van der Waals surface area contributed by atoms with E-state index in [0.29, 0.717) is 24.8 Å². The van der Waals surface area contributed by atoms with E-state index in [4.69, 9.17) is 10.5 Å². The monoisotopic (exact) mass is 250 g/mol. The fourth-order valence-corrected chi connectivity index (χ4v) is 2.79. The Bertz CT molecular complexity index is 409. The van der Waals surface area contributed by atoms with Crippen molar-refractivity contribution >= 4 is 0 Å². The van der Waals surface area contributed by atoms with Crippen LogP contribution in [0.4, 0.5) is 0 Å². The van der Waals surface area contributed by atoms with Crippen molar-refractivity contribution in [3.63, 3.8) is 0 Å². The zero-order valence-corrected chi connectivity index (χ0v) is 11.1. The van der Waals surface area contributed by atoms with Crippen LogP contribution in [0.3, 0.4) is 0 Å². The molecule has 0 amide bonds. The second kappa shape index (κ2) is 5.69. The van der Waals surface area contributed by atoms with Crippen molar-refractivity contribution < 1.29 is 9.84 Å². The normalized spacial score (nSPS) is 24.6. The molecule has 2 unspecified atom stereocenters. The summed E-state index contributed by atoms with van der Waals surface area (Å²) in [4.78, 5) is 2.27. The molecule has 2 atom stereocenters. The first kappa shape index (κ1) is 13.3. The predicted octanol–water partition coefficient (Wildman–Crippen LogP) is 1.49. The molecule has 0 saturated carbocycles. The Hall–Kier alpha value is -1.10. The number of aromatic hydroxyl groups is 1. The van der Waals surface area contributed by atoms with Crippen LogP contribution in [-0.2, 0) is 11.3 Å². The second-order valence-corrected chi connectivity index (χ2v) is 5.08. The van der Waals surface area contributed by atoms with E-state index in [-0.39, 0.29) is 6.04 Å². The average molecular weight is 250 g/mol. The summed E-state index contributed by atoms with van der Waals surface area (Å²) in [5.41, 5.74) is 7.58. The van der Waals surface area contributed by atoms with Crippen molar-refractivity contribution in [1.29, 1.82) is 0 Å². The van der Waals surface area contributed by atoms with E-state index >= 15 is 0 Å². The summed E-state index contributed by atoms with van der Waals surface area (Å²) in [6.45, 7) is 2.14. The summed E-state index contributed by atoms with van der Waals surface area (Å²) in [5.74, 6) is 0.888. The van der Waals surface area contributed by atoms with Crippen molar-refractivity contribution in [2.45, 2.75) is 19.1 Å². The number of hydrogen-bond acceptors (Lipinski definition) is 4. The van der Waals surface area contributed by atoms with Crippen LogP contribution in [0.1, 0.15) is 23.6 Å². The first-order valence-corrected chi connectivity index (χ1v) is 6.37. The number of rotatable bonds is 4. The topological polar surface area (TPSA) is 58.7 Å². The summed E-state index contributed by atoms with van der Waals surface area (Å²) in [6.07, 6.45) is 1.01. The van der Waals surface area contributed by atoms with Crippen molar-refractivity contribution in [2.75, 3.05) is 27.2 Å². The molecular formula is C14H22N2O2. The Kier molecular flexibility index (Phi) is 4.22. The first-order valence-electron chi connectivity index (χ1n) is 6.37. The van der Waals surface area contributed by atoms with Gasteiger partial charge in [-0.15, -0.1) is 0 Å². The van der Waals surface area contributed by atoms with E-state index in [1.54, 1.807) is 7.11 Å². The van der Waals surface area contributed by atoms with Gasteiger partial charge in [-0.3, -0.25) is 4.90 Å². The molecule has 2 rings (SSSR count). The number of phenolic OH excluding ortho intramolecular Hbond substituents is 1. The molecule has 1 aliphatic heterocycles. The lowest BCUT2D eigenvalue weighted by molar-refractivity contribution is 0.181. The molecule has 4 heteroatoms. The smallest absolute Gasteiger partial charge is 0.125 e. The molecule has 0 aliphatic carbocycles. The summed E-state index contributed by atoms with van der Waals surface area (Å²) in [7, 11) is 3.72. The molecule has 0 bridgehead atoms. The highest BCUT2D eigenvalue weighted by atomic mass is 16.5. The average Bonchev–Trinajstić information content (AvgIpc) is 2.74. The summed E-state index contributed by atoms with van der Waals surface area (Å²) < 4.78 is 5.10. The zero-order chi connectivity index (χ0) is 13.1. The van der Waals surface area contributed by atoms with Gasteiger partial charge in [-0.05, 0) is 25.9 Å². The van der Waals surface area contributed by atoms with Crippen LogP contribution in [0.5, 0.6) is 5.75 Å². The SMILES string of the molecule is COCc1cccc(C2CC(CN)CN2C)c1O. The molecule has 1 saturated heterocycles. The largest absolute Gasteiger partial charge is 0.507 e. The van der Waals surface area contributed by atoms with E-state index in [9.17, 15) is 5.11 Å². The quantitative estimate of drug-likeness (QED) is 0.850. The fraction of sp³-hybridized carbons (Fsp3) is 0.571. The van der Waals surface area contributed by atoms with E-state index in [1.807, 2.05) is 18.2 Å². The Morgan fingerprint density at radius 3 is 2.89 bits per heavy atom. The molecule has 1 heterocycles. The third-order valence-corrected chi connectivity index (χ3v) is 3.78. The molecule has 18 heavy (non-hydrogen) atoms. The van der Waals surface area contributed by atoms with Gasteiger partial charge in [0.2, 0.25) is 0 Å². The van der Waals surface area contributed by atoms with Gasteiger partial charge in [0, 0.05) is 30.8 Å². The van der Waals surface area contributed by atoms with E-state index in [2.05, 4.69) is 11.9 Å². The minimum atomic E-state index is 0.260. The van der Waals surface area contributed by atoms with E-state index < -0.39 is 0 Å². The van der Waals surface area contributed by atoms with Crippen LogP contribution in [0, 0.1) is 5.92 Å². The molecule has 1 aliphatic rings. The highest BCUT2D eigenvalue weighted by Crippen LogP contribution is 2.39. The Balaban J connectivity index is 2.25. The van der Waals surface area contributed by atoms with Crippen LogP contribution >= 0.6 is 0 Å². The van der Waals surface area contributed by atoms with Crippen LogP contribution < -0.4 is 5.73 Å². The third-order valence-electron chi connectivity index (χ3n) is 3.78. The number of benzene rings is 1. The maximum Gasteiger partial charge on any atom is 0.125 e. The second-order valence-electron chi connectivity index (χ2n) is 5.08. The van der Waals surface area contributed by atoms with Gasteiger partial charge in [-0.2, -0.15) is 0 Å². The molecule has 0 spiro atoms. The molecule has 1 aromatic carbocycles. The third kappa shape index (κ3) is 2.51. The molecule has 0 aromatic heterocycles. The van der Waals surface area contributed by atoms with E-state index in [1.165, 1.54) is 0 Å². The Morgan fingerprint density at radius 2 is 2.28 bits per heavy atom. The van der Waals surface area contributed by atoms with Gasteiger partial charge in [0.25, 0.3) is 0 Å². The molecule has 1 fully saturated rings. The molecule has 1 aromatic rings. The number of phenols is 1. The number of para-hydroxylation sites is 1. The number of nitrogens with two attached hydrogens (primary N) is 1. The summed E-state index contributed by atoms with van der Waals surface area (Å²) >= 11 is 0. The van der Waals surface area contributed by atoms with Gasteiger partial charge in [0.1, 0.15) is 5.75 Å². The van der Waals surface area contributed by atoms with Gasteiger partial charge in [0.05, 0.1) is 6.61 Å². The molecule has 3 N–H and O–H groups in total. The van der Waals surface area contributed by atoms with Crippen LogP contribution in [-0.4, -0.2) is 37.3 Å². The van der Waals surface area contributed by atoms with Gasteiger partial charge in [0.15, 0.2) is 0 Å². The lowest BCUT2D eigenvalue weighted by Gasteiger charge is -2.21. The number of methoxy groups -OCH3 is 1. The number of nitrogens with zero attached hydrogens (tertiary/aromatic N) is 1. The molecule has 0 radical (unpaired) electrons. The van der Waals surface area contributed by atoms with Crippen LogP contribution in [0.2, 0.25) is 0 Å². The maximum absolute atomic E-state index is 10.3. The van der Waals surface area contributed by atoms with Crippen LogP contribution in [0.25, 0.3) is 0 Å².